The number of carbonyl (C=O) groups is 2. The highest BCUT2D eigenvalue weighted by molar-refractivity contribution is 6.30. The van der Waals surface area contributed by atoms with E-state index < -0.39 is 0 Å². The van der Waals surface area contributed by atoms with Crippen LogP contribution in [0.1, 0.15) is 44.9 Å². The molecule has 2 unspecified atom stereocenters. The second-order valence-corrected chi connectivity index (χ2v) is 6.13. The molecule has 0 aromatic rings. The maximum Gasteiger partial charge on any atom is 0.233 e. The first-order chi connectivity index (χ1) is 8.68. The van der Waals surface area contributed by atoms with E-state index in [-0.39, 0.29) is 29.7 Å². The van der Waals surface area contributed by atoms with Gasteiger partial charge in [0.05, 0.1) is 11.8 Å². The zero-order chi connectivity index (χ0) is 12.7. The van der Waals surface area contributed by atoms with Crippen LogP contribution >= 0.6 is 11.6 Å². The van der Waals surface area contributed by atoms with E-state index in [2.05, 4.69) is 0 Å². The van der Waals surface area contributed by atoms with Gasteiger partial charge in [0, 0.05) is 11.1 Å². The van der Waals surface area contributed by atoms with Gasteiger partial charge in [-0.3, -0.25) is 14.5 Å². The van der Waals surface area contributed by atoms with E-state index in [0.29, 0.717) is 12.8 Å². The van der Waals surface area contributed by atoms with Gasteiger partial charge in [0.25, 0.3) is 0 Å². The molecule has 0 bridgehead atoms. The third-order valence-electron chi connectivity index (χ3n) is 4.54. The van der Waals surface area contributed by atoms with Crippen molar-refractivity contribution >= 4 is 23.4 Å². The number of rotatable bonds is 1. The normalized spacial score (nSPS) is 33.6. The zero-order valence-electron chi connectivity index (χ0n) is 10.4. The molecule has 2 atom stereocenters. The van der Waals surface area contributed by atoms with Crippen LogP contribution in [0.4, 0.5) is 0 Å². The predicted molar refractivity (Wildman–Crippen MR) is 68.9 cm³/mol. The first kappa shape index (κ1) is 12.2. The Hall–Kier alpha value is -0.830. The summed E-state index contributed by atoms with van der Waals surface area (Å²) in [6, 6.07) is 0.156. The van der Waals surface area contributed by atoms with Gasteiger partial charge >= 0.3 is 0 Å². The summed E-state index contributed by atoms with van der Waals surface area (Å²) in [4.78, 5) is 26.4. The van der Waals surface area contributed by atoms with E-state index >= 15 is 0 Å². The number of hydrogen-bond acceptors (Lipinski definition) is 2. The van der Waals surface area contributed by atoms with Gasteiger partial charge in [-0.05, 0) is 25.7 Å². The molecule has 0 radical (unpaired) electrons. The second kappa shape index (κ2) is 4.69. The highest BCUT2D eigenvalue weighted by atomic mass is 35.5. The highest BCUT2D eigenvalue weighted by Gasteiger charge is 2.50. The summed E-state index contributed by atoms with van der Waals surface area (Å²) in [7, 11) is 0. The van der Waals surface area contributed by atoms with Crippen LogP contribution in [0.5, 0.6) is 0 Å². The number of fused-ring (bicyclic) bond motifs is 1. The van der Waals surface area contributed by atoms with E-state index in [1.165, 1.54) is 6.42 Å². The van der Waals surface area contributed by atoms with Crippen LogP contribution in [-0.4, -0.2) is 22.8 Å². The summed E-state index contributed by atoms with van der Waals surface area (Å²) in [6.07, 6.45) is 8.56. The van der Waals surface area contributed by atoms with Gasteiger partial charge in [-0.15, -0.1) is 0 Å². The average molecular weight is 268 g/mol. The molecule has 0 N–H and O–H groups in total. The van der Waals surface area contributed by atoms with Gasteiger partial charge in [0.15, 0.2) is 0 Å². The lowest BCUT2D eigenvalue weighted by molar-refractivity contribution is -0.143. The Labute approximate surface area is 112 Å². The van der Waals surface area contributed by atoms with Gasteiger partial charge in [-0.25, -0.2) is 0 Å². The molecule has 18 heavy (non-hydrogen) atoms. The second-order valence-electron chi connectivity index (χ2n) is 5.64. The summed E-state index contributed by atoms with van der Waals surface area (Å²) in [5, 5.41) is 0.739. The minimum Gasteiger partial charge on any atom is -0.279 e. The molecule has 2 fully saturated rings. The fourth-order valence-corrected chi connectivity index (χ4v) is 3.81. The number of halogens is 1. The van der Waals surface area contributed by atoms with Crippen LogP contribution in [0.2, 0.25) is 0 Å². The maximum absolute atomic E-state index is 12.4. The highest BCUT2D eigenvalue weighted by Crippen LogP contribution is 2.41. The summed E-state index contributed by atoms with van der Waals surface area (Å²) in [6.45, 7) is 0. The molecule has 1 aliphatic heterocycles. The van der Waals surface area contributed by atoms with E-state index in [1.54, 1.807) is 4.90 Å². The topological polar surface area (TPSA) is 37.4 Å². The van der Waals surface area contributed by atoms with Crippen LogP contribution in [-0.2, 0) is 9.59 Å². The Kier molecular flexibility index (Phi) is 3.18. The molecule has 3 aliphatic rings. The number of hydrogen-bond donors (Lipinski definition) is 0. The van der Waals surface area contributed by atoms with Crippen molar-refractivity contribution in [2.24, 2.45) is 11.8 Å². The van der Waals surface area contributed by atoms with E-state index in [9.17, 15) is 9.59 Å². The van der Waals surface area contributed by atoms with Gasteiger partial charge in [0.2, 0.25) is 11.8 Å². The van der Waals surface area contributed by atoms with Crippen LogP contribution in [0.15, 0.2) is 11.1 Å². The molecule has 2 amide bonds. The number of likely N-dealkylation sites (tertiary alicyclic amines) is 1. The van der Waals surface area contributed by atoms with Crippen molar-refractivity contribution in [3.63, 3.8) is 0 Å². The minimum absolute atomic E-state index is 0.0307. The lowest BCUT2D eigenvalue weighted by Crippen LogP contribution is -2.41. The SMILES string of the molecule is O=C1C2CC=C(Cl)CC2C(=O)N1C1CCCCC1. The number of amides is 2. The lowest BCUT2D eigenvalue weighted by atomic mass is 9.85. The Bertz CT molecular complexity index is 412. The molecule has 1 saturated heterocycles. The summed E-state index contributed by atoms with van der Waals surface area (Å²) in [5.74, 6) is -0.237. The van der Waals surface area contributed by atoms with Gasteiger partial charge < -0.3 is 0 Å². The minimum atomic E-state index is -0.183. The number of carbonyl (C=O) groups excluding carboxylic acids is 2. The van der Waals surface area contributed by atoms with Crippen molar-refractivity contribution < 1.29 is 9.59 Å². The molecule has 3 rings (SSSR count). The van der Waals surface area contributed by atoms with Gasteiger partial charge in [-0.2, -0.15) is 0 Å². The van der Waals surface area contributed by atoms with Crippen molar-refractivity contribution in [2.75, 3.05) is 0 Å². The van der Waals surface area contributed by atoms with Crippen molar-refractivity contribution in [3.05, 3.63) is 11.1 Å². The van der Waals surface area contributed by atoms with Crippen LogP contribution in [0, 0.1) is 11.8 Å². The lowest BCUT2D eigenvalue weighted by Gasteiger charge is -2.29. The van der Waals surface area contributed by atoms with E-state index in [4.69, 9.17) is 11.6 Å². The summed E-state index contributed by atoms with van der Waals surface area (Å²) in [5.41, 5.74) is 0. The average Bonchev–Trinajstić information content (AvgIpc) is 2.63. The Morgan fingerprint density at radius 2 is 1.72 bits per heavy atom. The van der Waals surface area contributed by atoms with Crippen LogP contribution in [0.25, 0.3) is 0 Å². The maximum atomic E-state index is 12.4. The summed E-state index contributed by atoms with van der Waals surface area (Å²) < 4.78 is 0. The zero-order valence-corrected chi connectivity index (χ0v) is 11.2. The van der Waals surface area contributed by atoms with Crippen molar-refractivity contribution in [3.8, 4) is 0 Å². The molecule has 2 aliphatic carbocycles. The fourth-order valence-electron chi connectivity index (χ4n) is 3.55. The molecule has 0 aromatic carbocycles. The smallest absolute Gasteiger partial charge is 0.233 e. The third-order valence-corrected chi connectivity index (χ3v) is 4.85. The van der Waals surface area contributed by atoms with Crippen molar-refractivity contribution in [2.45, 2.75) is 51.0 Å². The molecule has 1 heterocycles. The molecular formula is C14H18ClNO2. The van der Waals surface area contributed by atoms with E-state index in [1.807, 2.05) is 6.08 Å². The Morgan fingerprint density at radius 3 is 2.44 bits per heavy atom. The van der Waals surface area contributed by atoms with E-state index in [0.717, 1.165) is 30.7 Å². The van der Waals surface area contributed by atoms with Crippen molar-refractivity contribution in [1.29, 1.82) is 0 Å². The van der Waals surface area contributed by atoms with Gasteiger partial charge in [0.1, 0.15) is 0 Å². The first-order valence-electron chi connectivity index (χ1n) is 6.90. The summed E-state index contributed by atoms with van der Waals surface area (Å²) >= 11 is 6.01. The van der Waals surface area contributed by atoms with Crippen LogP contribution in [0.3, 0.4) is 0 Å². The standard InChI is InChI=1S/C14H18ClNO2/c15-9-6-7-11-12(8-9)14(18)16(13(11)17)10-4-2-1-3-5-10/h6,10-12H,1-5,7-8H2. The van der Waals surface area contributed by atoms with Crippen molar-refractivity contribution in [1.82, 2.24) is 4.90 Å². The Balaban J connectivity index is 1.81. The molecule has 3 nitrogen and oxygen atoms in total. The Morgan fingerprint density at radius 1 is 1.06 bits per heavy atom. The van der Waals surface area contributed by atoms with Gasteiger partial charge in [-0.1, -0.05) is 36.9 Å². The first-order valence-corrected chi connectivity index (χ1v) is 7.27. The largest absolute Gasteiger partial charge is 0.279 e. The molecule has 0 aromatic heterocycles. The molecule has 98 valence electrons. The third kappa shape index (κ3) is 1.89. The monoisotopic (exact) mass is 267 g/mol. The number of allylic oxidation sites excluding steroid dienone is 2. The number of nitrogens with zero attached hydrogens (tertiary/aromatic N) is 1. The quantitative estimate of drug-likeness (QED) is 0.685. The molecular weight excluding hydrogens is 250 g/mol. The predicted octanol–water partition coefficient (Wildman–Crippen LogP) is 2.84. The molecule has 1 saturated carbocycles. The number of imide groups is 1. The van der Waals surface area contributed by atoms with Crippen LogP contribution < -0.4 is 0 Å². The molecule has 0 spiro atoms. The fraction of sp³-hybridized carbons (Fsp3) is 0.714. The molecule has 4 heteroatoms.